The maximum atomic E-state index is 12.8. The number of amides is 1. The van der Waals surface area contributed by atoms with Crippen LogP contribution in [0.5, 0.6) is 11.6 Å². The van der Waals surface area contributed by atoms with Gasteiger partial charge in [0.25, 0.3) is 5.91 Å². The van der Waals surface area contributed by atoms with E-state index in [-0.39, 0.29) is 17.5 Å². The van der Waals surface area contributed by atoms with Gasteiger partial charge in [0, 0.05) is 13.1 Å². The standard InChI is InChI=1S/C19H23N3O4/c1-25-15-9-7-14(8-10-15)22-17(26-2)13-16(23)18(20-22)19(24)21-11-5-3-4-6-12-21/h7-10,13H,3-6,11-12H2,1-2H3. The van der Waals surface area contributed by atoms with Gasteiger partial charge in [-0.1, -0.05) is 12.8 Å². The zero-order valence-electron chi connectivity index (χ0n) is 15.1. The Morgan fingerprint density at radius 1 is 1.00 bits per heavy atom. The Bertz CT molecular complexity index is 822. The number of carbonyl (C=O) groups is 1. The van der Waals surface area contributed by atoms with Crippen molar-refractivity contribution in [1.82, 2.24) is 14.7 Å². The summed E-state index contributed by atoms with van der Waals surface area (Å²) in [5.41, 5.74) is 0.164. The number of ether oxygens (including phenoxy) is 2. The predicted molar refractivity (Wildman–Crippen MR) is 97.3 cm³/mol. The number of hydrogen-bond acceptors (Lipinski definition) is 5. The molecule has 138 valence electrons. The van der Waals surface area contributed by atoms with Gasteiger partial charge in [-0.15, -0.1) is 0 Å². The van der Waals surface area contributed by atoms with Crippen molar-refractivity contribution in [3.05, 3.63) is 46.2 Å². The lowest BCUT2D eigenvalue weighted by Gasteiger charge is -2.20. The summed E-state index contributed by atoms with van der Waals surface area (Å²) in [6.45, 7) is 1.32. The molecule has 0 spiro atoms. The quantitative estimate of drug-likeness (QED) is 0.839. The summed E-state index contributed by atoms with van der Waals surface area (Å²) in [6, 6.07) is 8.45. The van der Waals surface area contributed by atoms with E-state index in [2.05, 4.69) is 5.10 Å². The van der Waals surface area contributed by atoms with E-state index >= 15 is 0 Å². The molecule has 0 atom stereocenters. The molecule has 1 aliphatic rings. The van der Waals surface area contributed by atoms with Gasteiger partial charge in [-0.25, -0.2) is 4.68 Å². The second kappa shape index (κ2) is 8.03. The molecule has 1 aliphatic heterocycles. The largest absolute Gasteiger partial charge is 0.497 e. The molecule has 0 unspecified atom stereocenters. The number of hydrogen-bond donors (Lipinski definition) is 0. The molecule has 26 heavy (non-hydrogen) atoms. The van der Waals surface area contributed by atoms with Crippen LogP contribution in [-0.2, 0) is 0 Å². The average molecular weight is 357 g/mol. The molecule has 1 aromatic heterocycles. The first kappa shape index (κ1) is 18.0. The van der Waals surface area contributed by atoms with Crippen LogP contribution in [0.4, 0.5) is 0 Å². The van der Waals surface area contributed by atoms with Gasteiger partial charge in [-0.05, 0) is 37.1 Å². The van der Waals surface area contributed by atoms with Gasteiger partial charge in [0.2, 0.25) is 11.3 Å². The third-order valence-electron chi connectivity index (χ3n) is 4.52. The monoisotopic (exact) mass is 357 g/mol. The van der Waals surface area contributed by atoms with Crippen molar-refractivity contribution in [3.8, 4) is 17.3 Å². The minimum absolute atomic E-state index is 0.0801. The van der Waals surface area contributed by atoms with Gasteiger partial charge in [-0.2, -0.15) is 5.10 Å². The summed E-state index contributed by atoms with van der Waals surface area (Å²) < 4.78 is 11.9. The van der Waals surface area contributed by atoms with Crippen LogP contribution in [0.25, 0.3) is 5.69 Å². The third kappa shape index (κ3) is 3.71. The van der Waals surface area contributed by atoms with Crippen LogP contribution < -0.4 is 14.9 Å². The van der Waals surface area contributed by atoms with E-state index in [0.29, 0.717) is 24.5 Å². The first-order valence-electron chi connectivity index (χ1n) is 8.76. The molecule has 0 N–H and O–H groups in total. The number of likely N-dealkylation sites (tertiary alicyclic amines) is 1. The van der Waals surface area contributed by atoms with Crippen LogP contribution in [0.15, 0.2) is 35.1 Å². The maximum absolute atomic E-state index is 12.8. The van der Waals surface area contributed by atoms with E-state index in [1.54, 1.807) is 36.3 Å². The molecule has 1 saturated heterocycles. The Morgan fingerprint density at radius 2 is 1.65 bits per heavy atom. The third-order valence-corrected chi connectivity index (χ3v) is 4.52. The summed E-state index contributed by atoms with van der Waals surface area (Å²) in [7, 11) is 3.05. The Hall–Kier alpha value is -2.83. The smallest absolute Gasteiger partial charge is 0.278 e. The minimum atomic E-state index is -0.430. The Morgan fingerprint density at radius 3 is 2.23 bits per heavy atom. The lowest BCUT2D eigenvalue weighted by molar-refractivity contribution is 0.0752. The summed E-state index contributed by atoms with van der Waals surface area (Å²) in [5.74, 6) is 0.657. The molecule has 3 rings (SSSR count). The molecule has 0 bridgehead atoms. The van der Waals surface area contributed by atoms with Gasteiger partial charge in [0.05, 0.1) is 26.0 Å². The molecule has 2 heterocycles. The average Bonchev–Trinajstić information content (AvgIpc) is 2.97. The number of rotatable bonds is 4. The number of aromatic nitrogens is 2. The van der Waals surface area contributed by atoms with E-state index in [0.717, 1.165) is 25.7 Å². The summed E-state index contributed by atoms with van der Waals surface area (Å²) in [5, 5.41) is 4.32. The van der Waals surface area contributed by atoms with E-state index in [9.17, 15) is 9.59 Å². The molecule has 1 amide bonds. The van der Waals surface area contributed by atoms with Gasteiger partial charge >= 0.3 is 0 Å². The molecule has 1 aromatic carbocycles. The second-order valence-corrected chi connectivity index (χ2v) is 6.22. The SMILES string of the molecule is COc1ccc(-n2nc(C(=O)N3CCCCCC3)c(=O)cc2OC)cc1. The van der Waals surface area contributed by atoms with Crippen molar-refractivity contribution in [2.75, 3.05) is 27.3 Å². The van der Waals surface area contributed by atoms with Crippen LogP contribution in [0, 0.1) is 0 Å². The molecular weight excluding hydrogens is 334 g/mol. The zero-order valence-corrected chi connectivity index (χ0v) is 15.1. The van der Waals surface area contributed by atoms with Crippen molar-refractivity contribution in [2.24, 2.45) is 0 Å². The highest BCUT2D eigenvalue weighted by Crippen LogP contribution is 2.19. The summed E-state index contributed by atoms with van der Waals surface area (Å²) in [4.78, 5) is 27.0. The Balaban J connectivity index is 2.00. The predicted octanol–water partition coefficient (Wildman–Crippen LogP) is 2.27. The Kier molecular flexibility index (Phi) is 5.55. The van der Waals surface area contributed by atoms with Crippen LogP contribution in [-0.4, -0.2) is 47.9 Å². The maximum Gasteiger partial charge on any atom is 0.278 e. The number of nitrogens with zero attached hydrogens (tertiary/aromatic N) is 3. The fourth-order valence-corrected chi connectivity index (χ4v) is 3.07. The minimum Gasteiger partial charge on any atom is -0.497 e. The highest BCUT2D eigenvalue weighted by molar-refractivity contribution is 5.92. The molecule has 1 fully saturated rings. The summed E-state index contributed by atoms with van der Waals surface area (Å²) >= 11 is 0. The van der Waals surface area contributed by atoms with Gasteiger partial charge in [0.15, 0.2) is 5.69 Å². The van der Waals surface area contributed by atoms with Crippen molar-refractivity contribution in [3.63, 3.8) is 0 Å². The van der Waals surface area contributed by atoms with E-state index < -0.39 is 5.43 Å². The highest BCUT2D eigenvalue weighted by atomic mass is 16.5. The van der Waals surface area contributed by atoms with Gasteiger partial charge < -0.3 is 14.4 Å². The molecule has 0 radical (unpaired) electrons. The van der Waals surface area contributed by atoms with Gasteiger partial charge in [0.1, 0.15) is 5.75 Å². The molecule has 7 heteroatoms. The molecule has 0 saturated carbocycles. The summed E-state index contributed by atoms with van der Waals surface area (Å²) in [6.07, 6.45) is 4.12. The molecular formula is C19H23N3O4. The van der Waals surface area contributed by atoms with E-state index in [1.165, 1.54) is 17.9 Å². The molecule has 2 aromatic rings. The van der Waals surface area contributed by atoms with Crippen molar-refractivity contribution >= 4 is 5.91 Å². The van der Waals surface area contributed by atoms with Crippen molar-refractivity contribution in [2.45, 2.75) is 25.7 Å². The fraction of sp³-hybridized carbons (Fsp3) is 0.421. The van der Waals surface area contributed by atoms with E-state index in [1.807, 2.05) is 0 Å². The van der Waals surface area contributed by atoms with Crippen molar-refractivity contribution < 1.29 is 14.3 Å². The van der Waals surface area contributed by atoms with Crippen LogP contribution >= 0.6 is 0 Å². The van der Waals surface area contributed by atoms with Crippen molar-refractivity contribution in [1.29, 1.82) is 0 Å². The first-order chi connectivity index (χ1) is 12.6. The lowest BCUT2D eigenvalue weighted by atomic mass is 10.2. The molecule has 0 aliphatic carbocycles. The van der Waals surface area contributed by atoms with Crippen LogP contribution in [0.3, 0.4) is 0 Å². The second-order valence-electron chi connectivity index (χ2n) is 6.22. The number of methoxy groups -OCH3 is 2. The Labute approximate surface area is 152 Å². The number of benzene rings is 1. The van der Waals surface area contributed by atoms with E-state index in [4.69, 9.17) is 9.47 Å². The van der Waals surface area contributed by atoms with Gasteiger partial charge in [-0.3, -0.25) is 9.59 Å². The fourth-order valence-electron chi connectivity index (χ4n) is 3.07. The number of carbonyl (C=O) groups excluding carboxylic acids is 1. The first-order valence-corrected chi connectivity index (χ1v) is 8.76. The van der Waals surface area contributed by atoms with Crippen LogP contribution in [0.2, 0.25) is 0 Å². The highest BCUT2D eigenvalue weighted by Gasteiger charge is 2.23. The topological polar surface area (TPSA) is 73.7 Å². The normalized spacial score (nSPS) is 14.6. The zero-order chi connectivity index (χ0) is 18.5. The van der Waals surface area contributed by atoms with Crippen LogP contribution in [0.1, 0.15) is 36.2 Å². The lowest BCUT2D eigenvalue weighted by Crippen LogP contribution is -2.36. The molecule has 7 nitrogen and oxygen atoms in total.